The van der Waals surface area contributed by atoms with E-state index in [0.717, 1.165) is 37.7 Å². The van der Waals surface area contributed by atoms with E-state index < -0.39 is 10.0 Å². The molecule has 30 heavy (non-hydrogen) atoms. The Hall–Kier alpha value is -1.98. The fourth-order valence-electron chi connectivity index (χ4n) is 5.43. The minimum atomic E-state index is -3.70. The van der Waals surface area contributed by atoms with Gasteiger partial charge in [0.2, 0.25) is 10.0 Å². The van der Waals surface area contributed by atoms with Crippen LogP contribution in [0.1, 0.15) is 86.2 Å². The number of hydrogen-bond acceptors (Lipinski definition) is 3. The van der Waals surface area contributed by atoms with Crippen LogP contribution in [0.5, 0.6) is 0 Å². The molecule has 1 atom stereocenters. The summed E-state index contributed by atoms with van der Waals surface area (Å²) in [6.07, 6.45) is 7.16. The summed E-state index contributed by atoms with van der Waals surface area (Å²) in [5.41, 5.74) is 2.56. The van der Waals surface area contributed by atoms with Gasteiger partial charge in [0.25, 0.3) is 0 Å². The summed E-state index contributed by atoms with van der Waals surface area (Å²) in [5.74, 6) is 0.260. The maximum atomic E-state index is 14.0. The van der Waals surface area contributed by atoms with E-state index in [2.05, 4.69) is 25.1 Å². The van der Waals surface area contributed by atoms with Gasteiger partial charge < -0.3 is 0 Å². The monoisotopic (exact) mass is 425 g/mol. The number of ketones is 1. The smallest absolute Gasteiger partial charge is 0.243 e. The normalized spacial score (nSPS) is 22.1. The van der Waals surface area contributed by atoms with Crippen LogP contribution in [-0.4, -0.2) is 24.0 Å². The number of Topliss-reactive ketones (excluding diaryl/α,β-unsaturated/α-hetero) is 1. The minimum absolute atomic E-state index is 0.0586. The van der Waals surface area contributed by atoms with Crippen LogP contribution < -0.4 is 0 Å². The van der Waals surface area contributed by atoms with Crippen molar-refractivity contribution in [3.05, 3.63) is 65.2 Å². The molecule has 0 bridgehead atoms. The topological polar surface area (TPSA) is 54.5 Å². The predicted octanol–water partition coefficient (Wildman–Crippen LogP) is 5.68. The second-order valence-electron chi connectivity index (χ2n) is 9.03. The fourth-order valence-corrected chi connectivity index (χ4v) is 7.24. The first-order valence-corrected chi connectivity index (χ1v) is 12.5. The molecule has 2 aromatic carbocycles. The molecule has 0 saturated heterocycles. The average molecular weight is 426 g/mol. The molecule has 1 fully saturated rings. The molecule has 4 nitrogen and oxygen atoms in total. The van der Waals surface area contributed by atoms with Gasteiger partial charge in [-0.1, -0.05) is 69.0 Å². The van der Waals surface area contributed by atoms with Crippen LogP contribution in [0.15, 0.2) is 53.4 Å². The molecule has 0 radical (unpaired) electrons. The van der Waals surface area contributed by atoms with E-state index in [1.807, 2.05) is 10.4 Å². The zero-order valence-corrected chi connectivity index (χ0v) is 18.7. The van der Waals surface area contributed by atoms with Crippen LogP contribution in [-0.2, 0) is 16.6 Å². The Kier molecular flexibility index (Phi) is 5.86. The molecule has 2 aliphatic rings. The highest BCUT2D eigenvalue weighted by Crippen LogP contribution is 2.46. The molecule has 0 amide bonds. The first-order chi connectivity index (χ1) is 14.3. The number of carbonyl (C=O) groups is 1. The zero-order valence-electron chi connectivity index (χ0n) is 17.9. The highest BCUT2D eigenvalue weighted by atomic mass is 32.2. The van der Waals surface area contributed by atoms with Crippen LogP contribution in [0.3, 0.4) is 0 Å². The standard InChI is InChI=1S/C25H31NO3S/c1-19-17-25(15-7-3-4-8-16-25)26(18-22-9-5-6-10-24(19)22)30(28,29)23-13-11-21(12-14-23)20(2)27/h5-6,9-14,19H,3-4,7-8,15-18H2,1-2H3. The van der Waals surface area contributed by atoms with E-state index >= 15 is 0 Å². The van der Waals surface area contributed by atoms with Crippen molar-refractivity contribution in [1.82, 2.24) is 4.31 Å². The van der Waals surface area contributed by atoms with Crippen LogP contribution in [0.25, 0.3) is 0 Å². The molecular weight excluding hydrogens is 394 g/mol. The maximum absolute atomic E-state index is 14.0. The number of benzene rings is 2. The van der Waals surface area contributed by atoms with Crippen LogP contribution in [0.2, 0.25) is 0 Å². The van der Waals surface area contributed by atoms with E-state index in [1.165, 1.54) is 25.3 Å². The summed E-state index contributed by atoms with van der Waals surface area (Å²) >= 11 is 0. The van der Waals surface area contributed by atoms with Gasteiger partial charge in [-0.05, 0) is 55.4 Å². The van der Waals surface area contributed by atoms with Crippen LogP contribution in [0, 0.1) is 0 Å². The molecular formula is C25H31NO3S. The average Bonchev–Trinajstić information content (AvgIpc) is 3.04. The number of carbonyl (C=O) groups excluding carboxylic acids is 1. The summed E-state index contributed by atoms with van der Waals surface area (Å²) < 4.78 is 29.7. The number of hydrogen-bond donors (Lipinski definition) is 0. The Labute approximate surface area is 180 Å². The number of fused-ring (bicyclic) bond motifs is 1. The van der Waals surface area contributed by atoms with Gasteiger partial charge in [0.1, 0.15) is 0 Å². The van der Waals surface area contributed by atoms with Crippen molar-refractivity contribution in [1.29, 1.82) is 0 Å². The summed E-state index contributed by atoms with van der Waals surface area (Å²) in [5, 5.41) is 0. The summed E-state index contributed by atoms with van der Waals surface area (Å²) in [4.78, 5) is 11.9. The van der Waals surface area contributed by atoms with E-state index in [9.17, 15) is 13.2 Å². The van der Waals surface area contributed by atoms with Crippen LogP contribution in [0.4, 0.5) is 0 Å². The third-order valence-electron chi connectivity index (χ3n) is 7.00. The van der Waals surface area contributed by atoms with Gasteiger partial charge in [-0.3, -0.25) is 4.79 Å². The first kappa shape index (κ1) is 21.3. The van der Waals surface area contributed by atoms with E-state index in [4.69, 9.17) is 0 Å². The SMILES string of the molecule is CC(=O)c1ccc(S(=O)(=O)N2Cc3ccccc3C(C)CC23CCCCCC3)cc1. The Bertz CT molecular complexity index is 1020. The zero-order chi connectivity index (χ0) is 21.4. The van der Waals surface area contributed by atoms with E-state index in [1.54, 1.807) is 24.3 Å². The van der Waals surface area contributed by atoms with Gasteiger partial charge in [0.05, 0.1) is 4.90 Å². The Morgan fingerprint density at radius 3 is 2.23 bits per heavy atom. The van der Waals surface area contributed by atoms with Gasteiger partial charge in [-0.2, -0.15) is 4.31 Å². The molecule has 1 spiro atoms. The van der Waals surface area contributed by atoms with Gasteiger partial charge in [-0.25, -0.2) is 8.42 Å². The molecule has 1 saturated carbocycles. The summed E-state index contributed by atoms with van der Waals surface area (Å²) in [6, 6.07) is 14.7. The first-order valence-electron chi connectivity index (χ1n) is 11.1. The quantitative estimate of drug-likeness (QED) is 0.595. The van der Waals surface area contributed by atoms with Crippen molar-refractivity contribution >= 4 is 15.8 Å². The van der Waals surface area contributed by atoms with Crippen molar-refractivity contribution in [2.75, 3.05) is 0 Å². The largest absolute Gasteiger partial charge is 0.295 e. The second kappa shape index (κ2) is 8.27. The number of nitrogens with zero attached hydrogens (tertiary/aromatic N) is 1. The van der Waals surface area contributed by atoms with Crippen molar-refractivity contribution in [2.45, 2.75) is 81.7 Å². The Balaban J connectivity index is 1.83. The van der Waals surface area contributed by atoms with Crippen molar-refractivity contribution in [2.24, 2.45) is 0 Å². The van der Waals surface area contributed by atoms with Gasteiger partial charge in [0.15, 0.2) is 5.78 Å². The molecule has 0 aromatic heterocycles. The van der Waals surface area contributed by atoms with Crippen LogP contribution >= 0.6 is 0 Å². The highest BCUT2D eigenvalue weighted by Gasteiger charge is 2.46. The third-order valence-corrected chi connectivity index (χ3v) is 8.96. The van der Waals surface area contributed by atoms with E-state index in [-0.39, 0.29) is 16.2 Å². The Morgan fingerprint density at radius 2 is 1.60 bits per heavy atom. The summed E-state index contributed by atoms with van der Waals surface area (Å²) in [7, 11) is -3.70. The maximum Gasteiger partial charge on any atom is 0.243 e. The van der Waals surface area contributed by atoms with Gasteiger partial charge >= 0.3 is 0 Å². The molecule has 1 aliphatic carbocycles. The number of sulfonamides is 1. The number of rotatable bonds is 3. The minimum Gasteiger partial charge on any atom is -0.295 e. The molecule has 5 heteroatoms. The third kappa shape index (κ3) is 3.85. The lowest BCUT2D eigenvalue weighted by Gasteiger charge is -2.42. The van der Waals surface area contributed by atoms with Crippen molar-refractivity contribution in [3.8, 4) is 0 Å². The lowest BCUT2D eigenvalue weighted by Crippen LogP contribution is -2.50. The molecule has 2 aromatic rings. The van der Waals surface area contributed by atoms with Gasteiger partial charge in [0, 0.05) is 17.6 Å². The molecule has 1 heterocycles. The summed E-state index contributed by atoms with van der Waals surface area (Å²) in [6.45, 7) is 4.15. The lowest BCUT2D eigenvalue weighted by molar-refractivity contribution is 0.101. The Morgan fingerprint density at radius 1 is 0.967 bits per heavy atom. The molecule has 1 aliphatic heterocycles. The molecule has 1 unspecified atom stereocenters. The molecule has 0 N–H and O–H groups in total. The lowest BCUT2D eigenvalue weighted by atomic mass is 9.80. The van der Waals surface area contributed by atoms with E-state index in [0.29, 0.717) is 18.0 Å². The van der Waals surface area contributed by atoms with Crippen molar-refractivity contribution < 1.29 is 13.2 Å². The molecule has 4 rings (SSSR count). The highest BCUT2D eigenvalue weighted by molar-refractivity contribution is 7.89. The fraction of sp³-hybridized carbons (Fsp3) is 0.480. The second-order valence-corrected chi connectivity index (χ2v) is 10.9. The molecule has 160 valence electrons. The van der Waals surface area contributed by atoms with Gasteiger partial charge in [-0.15, -0.1) is 0 Å². The predicted molar refractivity (Wildman–Crippen MR) is 119 cm³/mol. The van der Waals surface area contributed by atoms with Crippen molar-refractivity contribution in [3.63, 3.8) is 0 Å².